The summed E-state index contributed by atoms with van der Waals surface area (Å²) in [5.74, 6) is 1.31. The third-order valence-corrected chi connectivity index (χ3v) is 3.24. The molecule has 1 heteroatoms. The van der Waals surface area contributed by atoms with E-state index in [-0.39, 0.29) is 0 Å². The van der Waals surface area contributed by atoms with Gasteiger partial charge < -0.3 is 0 Å². The van der Waals surface area contributed by atoms with Crippen LogP contribution >= 0.6 is 12.6 Å². The summed E-state index contributed by atoms with van der Waals surface area (Å²) in [7, 11) is 0. The molecule has 1 unspecified atom stereocenters. The Morgan fingerprint density at radius 3 is 2.23 bits per heavy atom. The molecule has 0 heterocycles. The maximum absolute atomic E-state index is 4.43. The lowest BCUT2D eigenvalue weighted by molar-refractivity contribution is 0.534. The first-order chi connectivity index (χ1) is 6.02. The second-order valence-corrected chi connectivity index (χ2v) is 4.56. The van der Waals surface area contributed by atoms with Crippen molar-refractivity contribution in [3.05, 3.63) is 29.3 Å². The minimum absolute atomic E-state index is 0.617. The van der Waals surface area contributed by atoms with Gasteiger partial charge in [-0.25, -0.2) is 0 Å². The molecular weight excluding hydrogens is 176 g/mol. The van der Waals surface area contributed by atoms with Crippen LogP contribution in [0, 0.1) is 12.8 Å². The van der Waals surface area contributed by atoms with E-state index >= 15 is 0 Å². The summed E-state index contributed by atoms with van der Waals surface area (Å²) in [5.41, 5.74) is 2.65. The van der Waals surface area contributed by atoms with Crippen LogP contribution in [0.5, 0.6) is 0 Å². The standard InChI is InChI=1S/C12H18S/c1-8(2)10(4)11-6-5-9(3)12(13)7-11/h5-8,10,13H,1-4H3. The van der Waals surface area contributed by atoms with Gasteiger partial charge in [0.1, 0.15) is 0 Å². The fourth-order valence-electron chi connectivity index (χ4n) is 1.29. The Bertz CT molecular complexity index is 289. The second kappa shape index (κ2) is 4.19. The van der Waals surface area contributed by atoms with E-state index in [9.17, 15) is 0 Å². The fourth-order valence-corrected chi connectivity index (χ4v) is 1.52. The van der Waals surface area contributed by atoms with Gasteiger partial charge in [-0.15, -0.1) is 12.6 Å². The molecule has 0 saturated heterocycles. The molecule has 0 spiro atoms. The molecule has 0 fully saturated rings. The monoisotopic (exact) mass is 194 g/mol. The van der Waals surface area contributed by atoms with Crippen LogP contribution in [0.3, 0.4) is 0 Å². The highest BCUT2D eigenvalue weighted by atomic mass is 32.1. The van der Waals surface area contributed by atoms with Gasteiger partial charge in [-0.3, -0.25) is 0 Å². The van der Waals surface area contributed by atoms with Crippen molar-refractivity contribution in [3.63, 3.8) is 0 Å². The Hall–Kier alpha value is -0.430. The zero-order valence-electron chi connectivity index (χ0n) is 8.83. The fraction of sp³-hybridized carbons (Fsp3) is 0.500. The Labute approximate surface area is 86.8 Å². The molecule has 0 radical (unpaired) electrons. The van der Waals surface area contributed by atoms with Crippen molar-refractivity contribution in [2.75, 3.05) is 0 Å². The van der Waals surface area contributed by atoms with Gasteiger partial charge in [-0.1, -0.05) is 32.9 Å². The van der Waals surface area contributed by atoms with Crippen LogP contribution in [0.1, 0.15) is 37.8 Å². The molecule has 0 amide bonds. The summed E-state index contributed by atoms with van der Waals surface area (Å²) in [6.45, 7) is 8.86. The van der Waals surface area contributed by atoms with Crippen LogP contribution in [0.2, 0.25) is 0 Å². The van der Waals surface area contributed by atoms with Crippen molar-refractivity contribution in [1.82, 2.24) is 0 Å². The number of rotatable bonds is 2. The number of thiol groups is 1. The summed E-state index contributed by atoms with van der Waals surface area (Å²) in [4.78, 5) is 1.10. The molecule has 72 valence electrons. The zero-order chi connectivity index (χ0) is 10.0. The Kier molecular flexibility index (Phi) is 3.43. The van der Waals surface area contributed by atoms with Crippen LogP contribution < -0.4 is 0 Å². The first-order valence-electron chi connectivity index (χ1n) is 4.82. The van der Waals surface area contributed by atoms with Gasteiger partial charge in [-0.2, -0.15) is 0 Å². The van der Waals surface area contributed by atoms with E-state index in [1.807, 2.05) is 0 Å². The summed E-state index contributed by atoms with van der Waals surface area (Å²) in [6, 6.07) is 6.54. The highest BCUT2D eigenvalue weighted by molar-refractivity contribution is 7.80. The molecular formula is C12H18S. The van der Waals surface area contributed by atoms with E-state index in [0.717, 1.165) is 4.90 Å². The van der Waals surface area contributed by atoms with Gasteiger partial charge >= 0.3 is 0 Å². The van der Waals surface area contributed by atoms with Gasteiger partial charge in [-0.05, 0) is 36.0 Å². The smallest absolute Gasteiger partial charge is 0.00720 e. The lowest BCUT2D eigenvalue weighted by Crippen LogP contribution is -2.01. The molecule has 0 aliphatic heterocycles. The van der Waals surface area contributed by atoms with Crippen molar-refractivity contribution in [2.24, 2.45) is 5.92 Å². The molecule has 0 aromatic heterocycles. The summed E-state index contributed by atoms with van der Waals surface area (Å²) in [5, 5.41) is 0. The molecule has 13 heavy (non-hydrogen) atoms. The number of hydrogen-bond acceptors (Lipinski definition) is 1. The molecule has 1 aromatic carbocycles. The van der Waals surface area contributed by atoms with E-state index in [0.29, 0.717) is 11.8 Å². The van der Waals surface area contributed by atoms with Gasteiger partial charge in [0, 0.05) is 4.90 Å². The highest BCUT2D eigenvalue weighted by Crippen LogP contribution is 2.26. The summed E-state index contributed by atoms with van der Waals surface area (Å²) >= 11 is 4.43. The predicted molar refractivity (Wildman–Crippen MR) is 61.7 cm³/mol. The number of hydrogen-bond donors (Lipinski definition) is 1. The highest BCUT2D eigenvalue weighted by Gasteiger charge is 2.10. The lowest BCUT2D eigenvalue weighted by atomic mass is 9.90. The maximum atomic E-state index is 4.43. The van der Waals surface area contributed by atoms with Crippen molar-refractivity contribution in [1.29, 1.82) is 0 Å². The molecule has 0 nitrogen and oxygen atoms in total. The van der Waals surface area contributed by atoms with E-state index in [1.54, 1.807) is 0 Å². The Morgan fingerprint density at radius 2 is 1.77 bits per heavy atom. The van der Waals surface area contributed by atoms with Gasteiger partial charge in [0.05, 0.1) is 0 Å². The molecule has 0 bridgehead atoms. The zero-order valence-corrected chi connectivity index (χ0v) is 9.73. The minimum Gasteiger partial charge on any atom is -0.143 e. The third kappa shape index (κ3) is 2.50. The third-order valence-electron chi connectivity index (χ3n) is 2.76. The predicted octanol–water partition coefficient (Wildman–Crippen LogP) is 4.04. The van der Waals surface area contributed by atoms with E-state index < -0.39 is 0 Å². The molecule has 0 saturated carbocycles. The van der Waals surface area contributed by atoms with Crippen LogP contribution in [0.15, 0.2) is 23.1 Å². The molecule has 1 atom stereocenters. The molecule has 0 aliphatic rings. The Morgan fingerprint density at radius 1 is 1.15 bits per heavy atom. The molecule has 1 rings (SSSR count). The summed E-state index contributed by atoms with van der Waals surface area (Å²) < 4.78 is 0. The maximum Gasteiger partial charge on any atom is 0.00720 e. The van der Waals surface area contributed by atoms with Crippen LogP contribution in [0.4, 0.5) is 0 Å². The quantitative estimate of drug-likeness (QED) is 0.675. The molecule has 0 N–H and O–H groups in total. The van der Waals surface area contributed by atoms with Gasteiger partial charge in [0.25, 0.3) is 0 Å². The van der Waals surface area contributed by atoms with Gasteiger partial charge in [0.2, 0.25) is 0 Å². The van der Waals surface area contributed by atoms with Gasteiger partial charge in [0.15, 0.2) is 0 Å². The van der Waals surface area contributed by atoms with Crippen molar-refractivity contribution in [2.45, 2.75) is 38.5 Å². The average molecular weight is 194 g/mol. The first kappa shape index (κ1) is 10.6. The van der Waals surface area contributed by atoms with Crippen molar-refractivity contribution >= 4 is 12.6 Å². The topological polar surface area (TPSA) is 0 Å². The lowest BCUT2D eigenvalue weighted by Gasteiger charge is -2.16. The van der Waals surface area contributed by atoms with Crippen LogP contribution in [-0.2, 0) is 0 Å². The molecule has 0 aliphatic carbocycles. The van der Waals surface area contributed by atoms with E-state index in [2.05, 4.69) is 58.5 Å². The largest absolute Gasteiger partial charge is 0.143 e. The second-order valence-electron chi connectivity index (χ2n) is 4.08. The minimum atomic E-state index is 0.617. The Balaban J connectivity index is 2.97. The van der Waals surface area contributed by atoms with Crippen molar-refractivity contribution < 1.29 is 0 Å². The summed E-state index contributed by atoms with van der Waals surface area (Å²) in [6.07, 6.45) is 0. The average Bonchev–Trinajstić information content (AvgIpc) is 2.08. The number of benzene rings is 1. The van der Waals surface area contributed by atoms with Crippen LogP contribution in [0.25, 0.3) is 0 Å². The number of aryl methyl sites for hydroxylation is 1. The van der Waals surface area contributed by atoms with Crippen molar-refractivity contribution in [3.8, 4) is 0 Å². The normalized spacial score (nSPS) is 13.4. The van der Waals surface area contributed by atoms with Crippen LogP contribution in [-0.4, -0.2) is 0 Å². The first-order valence-corrected chi connectivity index (χ1v) is 5.26. The van der Waals surface area contributed by atoms with E-state index in [1.165, 1.54) is 11.1 Å². The molecule has 1 aromatic rings. The van der Waals surface area contributed by atoms with E-state index in [4.69, 9.17) is 0 Å². The SMILES string of the molecule is Cc1ccc(C(C)C(C)C)cc1S.